The normalized spacial score (nSPS) is 33.7. The van der Waals surface area contributed by atoms with Gasteiger partial charge >= 0.3 is 12.0 Å². The maximum atomic E-state index is 13.0. The van der Waals surface area contributed by atoms with E-state index in [4.69, 9.17) is 5.11 Å². The van der Waals surface area contributed by atoms with Crippen LogP contribution >= 0.6 is 0 Å². The average Bonchev–Trinajstić information content (AvgIpc) is 3.06. The number of nitrogens with zero attached hydrogens (tertiary/aromatic N) is 2. The van der Waals surface area contributed by atoms with Gasteiger partial charge in [-0.1, -0.05) is 20.8 Å². The van der Waals surface area contributed by atoms with Crippen LogP contribution in [0.15, 0.2) is 0 Å². The van der Waals surface area contributed by atoms with E-state index in [1.54, 1.807) is 0 Å². The third-order valence-corrected chi connectivity index (χ3v) is 5.81. The molecule has 3 aliphatic rings. The summed E-state index contributed by atoms with van der Waals surface area (Å²) in [5, 5.41) is 11.9. The fourth-order valence-electron chi connectivity index (χ4n) is 5.07. The smallest absolute Gasteiger partial charge is 0.325 e. The third-order valence-electron chi connectivity index (χ3n) is 5.81. The molecule has 8 nitrogen and oxygen atoms in total. The maximum Gasteiger partial charge on any atom is 0.325 e. The minimum Gasteiger partial charge on any atom is -0.481 e. The molecule has 0 aromatic heterocycles. The molecule has 0 aromatic carbocycles. The number of hydrogen-bond acceptors (Lipinski definition) is 4. The largest absolute Gasteiger partial charge is 0.481 e. The third kappa shape index (κ3) is 3.29. The SMILES string of the molecule is CC1CC(C)(C)CC2(C1)NC(=O)N(CC(=O)N1CCC(C(=O)O)C1)C2=O. The Labute approximate surface area is 152 Å². The van der Waals surface area contributed by atoms with Crippen molar-refractivity contribution in [2.75, 3.05) is 19.6 Å². The molecule has 0 bridgehead atoms. The molecule has 1 saturated carbocycles. The highest BCUT2D eigenvalue weighted by Gasteiger charge is 2.56. The summed E-state index contributed by atoms with van der Waals surface area (Å²) in [5.74, 6) is -1.91. The first-order chi connectivity index (χ1) is 12.0. The predicted octanol–water partition coefficient (Wildman–Crippen LogP) is 1.06. The van der Waals surface area contributed by atoms with Gasteiger partial charge in [0.2, 0.25) is 5.91 Å². The van der Waals surface area contributed by atoms with Crippen LogP contribution in [0.2, 0.25) is 0 Å². The van der Waals surface area contributed by atoms with E-state index in [1.807, 2.05) is 0 Å². The number of urea groups is 1. The molecule has 2 saturated heterocycles. The Morgan fingerprint density at radius 3 is 2.54 bits per heavy atom. The number of carboxylic acid groups (broad SMARTS) is 1. The fraction of sp³-hybridized carbons (Fsp3) is 0.778. The zero-order valence-electron chi connectivity index (χ0n) is 15.6. The predicted molar refractivity (Wildman–Crippen MR) is 92.1 cm³/mol. The zero-order chi connectivity index (χ0) is 19.3. The topological polar surface area (TPSA) is 107 Å². The van der Waals surface area contributed by atoms with Crippen LogP contribution in [0.4, 0.5) is 4.79 Å². The van der Waals surface area contributed by atoms with Gasteiger partial charge in [0.05, 0.1) is 5.92 Å². The first kappa shape index (κ1) is 18.7. The molecule has 2 heterocycles. The molecule has 3 fully saturated rings. The number of carbonyl (C=O) groups is 4. The van der Waals surface area contributed by atoms with Crippen molar-refractivity contribution < 1.29 is 24.3 Å². The lowest BCUT2D eigenvalue weighted by Gasteiger charge is -2.43. The quantitative estimate of drug-likeness (QED) is 0.727. The lowest BCUT2D eigenvalue weighted by Crippen LogP contribution is -2.54. The summed E-state index contributed by atoms with van der Waals surface area (Å²) in [5.41, 5.74) is -0.989. The fourth-order valence-corrected chi connectivity index (χ4v) is 5.07. The van der Waals surface area contributed by atoms with Crippen molar-refractivity contribution >= 4 is 23.8 Å². The highest BCUT2D eigenvalue weighted by molar-refractivity contribution is 6.09. The number of carbonyl (C=O) groups excluding carboxylic acids is 3. The molecule has 26 heavy (non-hydrogen) atoms. The van der Waals surface area contributed by atoms with Gasteiger partial charge in [-0.25, -0.2) is 4.79 Å². The van der Waals surface area contributed by atoms with Crippen molar-refractivity contribution in [3.8, 4) is 0 Å². The van der Waals surface area contributed by atoms with Crippen LogP contribution in [0.3, 0.4) is 0 Å². The van der Waals surface area contributed by atoms with Gasteiger partial charge in [-0.2, -0.15) is 0 Å². The van der Waals surface area contributed by atoms with E-state index in [0.29, 0.717) is 31.7 Å². The summed E-state index contributed by atoms with van der Waals surface area (Å²) in [7, 11) is 0. The average molecular weight is 365 g/mol. The molecule has 3 unspecified atom stereocenters. The Hall–Kier alpha value is -2.12. The van der Waals surface area contributed by atoms with Crippen LogP contribution in [0, 0.1) is 17.3 Å². The molecule has 1 aliphatic carbocycles. The van der Waals surface area contributed by atoms with E-state index >= 15 is 0 Å². The number of rotatable bonds is 3. The van der Waals surface area contributed by atoms with Crippen molar-refractivity contribution in [3.63, 3.8) is 0 Å². The Kier molecular flexibility index (Phi) is 4.48. The Morgan fingerprint density at radius 1 is 1.27 bits per heavy atom. The Morgan fingerprint density at radius 2 is 1.96 bits per heavy atom. The lowest BCUT2D eigenvalue weighted by molar-refractivity contribution is -0.142. The van der Waals surface area contributed by atoms with Gasteiger partial charge in [-0.3, -0.25) is 19.3 Å². The zero-order valence-corrected chi connectivity index (χ0v) is 15.6. The van der Waals surface area contributed by atoms with Crippen LogP contribution < -0.4 is 5.32 Å². The first-order valence-electron chi connectivity index (χ1n) is 9.18. The Bertz CT molecular complexity index is 661. The second-order valence-corrected chi connectivity index (χ2v) is 8.92. The van der Waals surface area contributed by atoms with Crippen LogP contribution in [0.5, 0.6) is 0 Å². The summed E-state index contributed by atoms with van der Waals surface area (Å²) in [6, 6.07) is -0.526. The van der Waals surface area contributed by atoms with E-state index in [1.165, 1.54) is 4.90 Å². The molecule has 8 heteroatoms. The highest BCUT2D eigenvalue weighted by atomic mass is 16.4. The van der Waals surface area contributed by atoms with Crippen molar-refractivity contribution in [2.45, 2.75) is 52.0 Å². The van der Waals surface area contributed by atoms with E-state index in [9.17, 15) is 19.2 Å². The van der Waals surface area contributed by atoms with E-state index in [0.717, 1.165) is 11.3 Å². The van der Waals surface area contributed by atoms with E-state index in [2.05, 4.69) is 26.1 Å². The standard InChI is InChI=1S/C18H27N3O5/c1-11-6-17(2,3)10-18(7-11)15(25)21(16(26)19-18)9-13(22)20-5-4-12(8-20)14(23)24/h11-12H,4-10H2,1-3H3,(H,19,26)(H,23,24). The number of hydrogen-bond donors (Lipinski definition) is 2. The molecule has 2 N–H and O–H groups in total. The van der Waals surface area contributed by atoms with Gasteiger partial charge in [-0.15, -0.1) is 0 Å². The molecule has 144 valence electrons. The van der Waals surface area contributed by atoms with Gasteiger partial charge in [0.25, 0.3) is 5.91 Å². The molecule has 4 amide bonds. The maximum absolute atomic E-state index is 13.0. The summed E-state index contributed by atoms with van der Waals surface area (Å²) in [6.45, 7) is 6.41. The van der Waals surface area contributed by atoms with Crippen molar-refractivity contribution in [2.24, 2.45) is 17.3 Å². The first-order valence-corrected chi connectivity index (χ1v) is 9.18. The molecular weight excluding hydrogens is 338 g/mol. The van der Waals surface area contributed by atoms with E-state index < -0.39 is 23.5 Å². The van der Waals surface area contributed by atoms with Crippen molar-refractivity contribution in [3.05, 3.63) is 0 Å². The number of imide groups is 1. The summed E-state index contributed by atoms with van der Waals surface area (Å²) >= 11 is 0. The van der Waals surface area contributed by atoms with Gasteiger partial charge in [-0.05, 0) is 37.0 Å². The molecular formula is C18H27N3O5. The van der Waals surface area contributed by atoms with Crippen LogP contribution in [0.1, 0.15) is 46.5 Å². The monoisotopic (exact) mass is 365 g/mol. The second-order valence-electron chi connectivity index (χ2n) is 8.92. The van der Waals surface area contributed by atoms with E-state index in [-0.39, 0.29) is 30.3 Å². The number of nitrogens with one attached hydrogen (secondary N) is 1. The van der Waals surface area contributed by atoms with Gasteiger partial charge < -0.3 is 15.3 Å². The Balaban J connectivity index is 1.70. The molecule has 3 atom stereocenters. The van der Waals surface area contributed by atoms with Gasteiger partial charge in [0, 0.05) is 13.1 Å². The molecule has 0 radical (unpaired) electrons. The minimum atomic E-state index is -0.923. The highest BCUT2D eigenvalue weighted by Crippen LogP contribution is 2.46. The van der Waals surface area contributed by atoms with Gasteiger partial charge in [0.1, 0.15) is 12.1 Å². The van der Waals surface area contributed by atoms with Crippen LogP contribution in [0.25, 0.3) is 0 Å². The molecule has 1 spiro atoms. The minimum absolute atomic E-state index is 0.0652. The lowest BCUT2D eigenvalue weighted by atomic mass is 9.64. The van der Waals surface area contributed by atoms with Gasteiger partial charge in [0.15, 0.2) is 0 Å². The summed E-state index contributed by atoms with van der Waals surface area (Å²) in [6.07, 6.45) is 2.53. The molecule has 3 rings (SSSR count). The number of amides is 4. The summed E-state index contributed by atoms with van der Waals surface area (Å²) in [4.78, 5) is 51.4. The van der Waals surface area contributed by atoms with Crippen LogP contribution in [-0.2, 0) is 14.4 Å². The molecule has 0 aromatic rings. The molecule has 2 aliphatic heterocycles. The number of aliphatic carboxylic acids is 1. The number of likely N-dealkylation sites (tertiary alicyclic amines) is 1. The number of carboxylic acids is 1. The van der Waals surface area contributed by atoms with Crippen molar-refractivity contribution in [1.82, 2.24) is 15.1 Å². The second kappa shape index (κ2) is 6.25. The van der Waals surface area contributed by atoms with Crippen LogP contribution in [-0.4, -0.2) is 63.9 Å². The summed E-state index contributed by atoms with van der Waals surface area (Å²) < 4.78 is 0. The van der Waals surface area contributed by atoms with Crippen molar-refractivity contribution in [1.29, 1.82) is 0 Å².